The molecule has 1 heteroatoms. The Hall–Kier alpha value is -1.89. The highest BCUT2D eigenvalue weighted by molar-refractivity contribution is 6.24. The average molecular weight is 194 g/mol. The minimum Gasteiger partial charge on any atom is -0.294 e. The van der Waals surface area contributed by atoms with Crippen molar-refractivity contribution in [2.75, 3.05) is 0 Å². The molecule has 0 amide bonds. The molecule has 1 aromatic carbocycles. The fourth-order valence-corrected chi connectivity index (χ4v) is 2.15. The van der Waals surface area contributed by atoms with E-state index >= 15 is 0 Å². The van der Waals surface area contributed by atoms with Crippen molar-refractivity contribution in [2.45, 2.75) is 6.42 Å². The van der Waals surface area contributed by atoms with Gasteiger partial charge in [-0.1, -0.05) is 48.6 Å². The maximum Gasteiger partial charge on any atom is 0.167 e. The molecular formula is C14H10O. The van der Waals surface area contributed by atoms with Gasteiger partial charge in [0.2, 0.25) is 0 Å². The van der Waals surface area contributed by atoms with E-state index in [1.807, 2.05) is 42.5 Å². The molecule has 15 heavy (non-hydrogen) atoms. The second-order valence-electron chi connectivity index (χ2n) is 3.77. The van der Waals surface area contributed by atoms with E-state index in [0.29, 0.717) is 6.42 Å². The molecule has 0 saturated carbocycles. The molecule has 2 aliphatic rings. The monoisotopic (exact) mass is 194 g/mol. The summed E-state index contributed by atoms with van der Waals surface area (Å²) in [7, 11) is 0. The molecule has 3 rings (SSSR count). The molecule has 0 bridgehead atoms. The number of carbonyl (C=O) groups excluding carboxylic acids is 1. The van der Waals surface area contributed by atoms with Crippen LogP contribution in [0.5, 0.6) is 0 Å². The van der Waals surface area contributed by atoms with E-state index in [9.17, 15) is 4.79 Å². The molecule has 0 saturated heterocycles. The third kappa shape index (κ3) is 1.20. The van der Waals surface area contributed by atoms with Gasteiger partial charge in [0, 0.05) is 12.0 Å². The van der Waals surface area contributed by atoms with Gasteiger partial charge in [0.05, 0.1) is 0 Å². The molecule has 0 aliphatic heterocycles. The van der Waals surface area contributed by atoms with Gasteiger partial charge >= 0.3 is 0 Å². The SMILES string of the molecule is O=C1CC=C2C=CC=c3ccccc3=C12. The van der Waals surface area contributed by atoms with Crippen LogP contribution < -0.4 is 10.4 Å². The van der Waals surface area contributed by atoms with Crippen molar-refractivity contribution >= 4 is 17.4 Å². The molecule has 0 spiro atoms. The average Bonchev–Trinajstić information content (AvgIpc) is 2.52. The van der Waals surface area contributed by atoms with Gasteiger partial charge in [-0.2, -0.15) is 0 Å². The first-order valence-corrected chi connectivity index (χ1v) is 5.08. The summed E-state index contributed by atoms with van der Waals surface area (Å²) in [5.41, 5.74) is 1.96. The Morgan fingerprint density at radius 2 is 2.00 bits per heavy atom. The predicted octanol–water partition coefficient (Wildman–Crippen LogP) is 1.09. The van der Waals surface area contributed by atoms with E-state index in [1.165, 1.54) is 0 Å². The highest BCUT2D eigenvalue weighted by atomic mass is 16.1. The standard InChI is InChI=1S/C14H10O/c15-13-9-8-11-6-3-5-10-4-1-2-7-12(10)14(11)13/h1-8H,9H2. The van der Waals surface area contributed by atoms with Crippen LogP contribution in [0, 0.1) is 0 Å². The van der Waals surface area contributed by atoms with Crippen molar-refractivity contribution in [3.63, 3.8) is 0 Å². The highest BCUT2D eigenvalue weighted by Crippen LogP contribution is 2.23. The van der Waals surface area contributed by atoms with Crippen LogP contribution >= 0.6 is 0 Å². The zero-order valence-electron chi connectivity index (χ0n) is 8.23. The summed E-state index contributed by atoms with van der Waals surface area (Å²) in [4.78, 5) is 11.8. The van der Waals surface area contributed by atoms with Gasteiger partial charge < -0.3 is 0 Å². The maximum absolute atomic E-state index is 11.8. The highest BCUT2D eigenvalue weighted by Gasteiger charge is 2.19. The summed E-state index contributed by atoms with van der Waals surface area (Å²) in [5.74, 6) is 0.234. The van der Waals surface area contributed by atoms with E-state index in [0.717, 1.165) is 21.6 Å². The number of ketones is 1. The third-order valence-corrected chi connectivity index (χ3v) is 2.86. The molecule has 1 aromatic rings. The number of allylic oxidation sites excluding steroid dienone is 4. The number of hydrogen-bond acceptors (Lipinski definition) is 1. The molecule has 0 radical (unpaired) electrons. The van der Waals surface area contributed by atoms with Crippen LogP contribution in [-0.2, 0) is 4.79 Å². The summed E-state index contributed by atoms with van der Waals surface area (Å²) in [6, 6.07) is 8.04. The van der Waals surface area contributed by atoms with Gasteiger partial charge in [-0.05, 0) is 16.0 Å². The van der Waals surface area contributed by atoms with Gasteiger partial charge in [-0.25, -0.2) is 0 Å². The van der Waals surface area contributed by atoms with Gasteiger partial charge in [0.1, 0.15) is 0 Å². The van der Waals surface area contributed by atoms with Gasteiger partial charge in [-0.15, -0.1) is 0 Å². The quantitative estimate of drug-likeness (QED) is 0.604. The summed E-state index contributed by atoms with van der Waals surface area (Å²) in [5, 5.41) is 2.19. The molecule has 0 unspecified atom stereocenters. The smallest absolute Gasteiger partial charge is 0.167 e. The largest absolute Gasteiger partial charge is 0.294 e. The van der Waals surface area contributed by atoms with Crippen LogP contribution in [0.1, 0.15) is 6.42 Å². The molecule has 2 aliphatic carbocycles. The summed E-state index contributed by atoms with van der Waals surface area (Å²) in [6.07, 6.45) is 8.62. The van der Waals surface area contributed by atoms with Crippen LogP contribution in [0.4, 0.5) is 0 Å². The van der Waals surface area contributed by atoms with Gasteiger partial charge in [-0.3, -0.25) is 4.79 Å². The lowest BCUT2D eigenvalue weighted by Gasteiger charge is -1.98. The number of carbonyl (C=O) groups is 1. The van der Waals surface area contributed by atoms with Crippen LogP contribution in [-0.4, -0.2) is 5.78 Å². The molecule has 1 nitrogen and oxygen atoms in total. The number of benzene rings is 1. The second-order valence-corrected chi connectivity index (χ2v) is 3.77. The van der Waals surface area contributed by atoms with Crippen LogP contribution in [0.15, 0.2) is 48.1 Å². The fourth-order valence-electron chi connectivity index (χ4n) is 2.15. The normalized spacial score (nSPS) is 17.7. The van der Waals surface area contributed by atoms with E-state index in [2.05, 4.69) is 6.08 Å². The van der Waals surface area contributed by atoms with Crippen LogP contribution in [0.25, 0.3) is 11.6 Å². The summed E-state index contributed by atoms with van der Waals surface area (Å²) < 4.78 is 0. The fraction of sp³-hybridized carbons (Fsp3) is 0.0714. The van der Waals surface area contributed by atoms with E-state index in [1.54, 1.807) is 0 Å². The van der Waals surface area contributed by atoms with Crippen LogP contribution in [0.3, 0.4) is 0 Å². The van der Waals surface area contributed by atoms with Gasteiger partial charge in [0.25, 0.3) is 0 Å². The number of Topliss-reactive ketones (excluding diaryl/α,β-unsaturated/α-hetero) is 1. The Balaban J connectivity index is 2.53. The minimum atomic E-state index is 0.234. The Morgan fingerprint density at radius 1 is 1.13 bits per heavy atom. The minimum absolute atomic E-state index is 0.234. The molecule has 0 heterocycles. The van der Waals surface area contributed by atoms with Crippen molar-refractivity contribution in [3.8, 4) is 0 Å². The summed E-state index contributed by atoms with van der Waals surface area (Å²) in [6.45, 7) is 0. The lowest BCUT2D eigenvalue weighted by molar-refractivity contribution is -0.112. The Bertz CT molecular complexity index is 615. The van der Waals surface area contributed by atoms with Gasteiger partial charge in [0.15, 0.2) is 5.78 Å². The molecular weight excluding hydrogens is 184 g/mol. The Labute approximate surface area is 87.7 Å². The second kappa shape index (κ2) is 3.06. The molecule has 0 fully saturated rings. The molecule has 0 atom stereocenters. The predicted molar refractivity (Wildman–Crippen MR) is 60.4 cm³/mol. The van der Waals surface area contributed by atoms with E-state index < -0.39 is 0 Å². The molecule has 0 N–H and O–H groups in total. The summed E-state index contributed by atoms with van der Waals surface area (Å²) >= 11 is 0. The van der Waals surface area contributed by atoms with Crippen molar-refractivity contribution in [2.24, 2.45) is 0 Å². The maximum atomic E-state index is 11.8. The van der Waals surface area contributed by atoms with E-state index in [-0.39, 0.29) is 5.78 Å². The third-order valence-electron chi connectivity index (χ3n) is 2.86. The van der Waals surface area contributed by atoms with E-state index in [4.69, 9.17) is 0 Å². The zero-order chi connectivity index (χ0) is 10.3. The van der Waals surface area contributed by atoms with Crippen molar-refractivity contribution in [3.05, 3.63) is 58.5 Å². The topological polar surface area (TPSA) is 17.1 Å². The first kappa shape index (κ1) is 8.42. The number of fused-ring (bicyclic) bond motifs is 2. The lowest BCUT2D eigenvalue weighted by atomic mass is 10.0. The molecule has 72 valence electrons. The Kier molecular flexibility index (Phi) is 1.72. The molecule has 0 aromatic heterocycles. The Morgan fingerprint density at radius 3 is 2.93 bits per heavy atom. The first-order valence-electron chi connectivity index (χ1n) is 5.08. The lowest BCUT2D eigenvalue weighted by Crippen LogP contribution is -2.27. The van der Waals surface area contributed by atoms with Crippen LogP contribution in [0.2, 0.25) is 0 Å². The van der Waals surface area contributed by atoms with Crippen molar-refractivity contribution < 1.29 is 4.79 Å². The number of hydrogen-bond donors (Lipinski definition) is 0. The zero-order valence-corrected chi connectivity index (χ0v) is 8.23. The number of rotatable bonds is 0. The van der Waals surface area contributed by atoms with Crippen molar-refractivity contribution in [1.29, 1.82) is 0 Å². The van der Waals surface area contributed by atoms with Crippen molar-refractivity contribution in [1.82, 2.24) is 0 Å². The first-order chi connectivity index (χ1) is 7.36.